The number of aliphatic hydroxyl groups excluding tert-OH is 2. The number of hydrogen-bond donors (Lipinski definition) is 4. The second-order valence-electron chi connectivity index (χ2n) is 7.25. The molecule has 0 aliphatic heterocycles. The lowest BCUT2D eigenvalue weighted by Crippen LogP contribution is -2.28. The zero-order valence-electron chi connectivity index (χ0n) is 16.5. The first-order chi connectivity index (χ1) is 12.4. The summed E-state index contributed by atoms with van der Waals surface area (Å²) < 4.78 is 15.8. The third kappa shape index (κ3) is 17.4. The molecular formula is C19H41O6P. The lowest BCUT2D eigenvalue weighted by molar-refractivity contribution is 0.00401. The molecule has 0 saturated carbocycles. The summed E-state index contributed by atoms with van der Waals surface area (Å²) in [7, 11) is -4.61. The van der Waals surface area contributed by atoms with Gasteiger partial charge < -0.3 is 20.0 Å². The molecule has 0 amide bonds. The fourth-order valence-corrected chi connectivity index (χ4v) is 3.76. The number of phosphoric acid groups is 1. The van der Waals surface area contributed by atoms with E-state index in [0.29, 0.717) is 12.8 Å². The van der Waals surface area contributed by atoms with E-state index >= 15 is 0 Å². The van der Waals surface area contributed by atoms with Gasteiger partial charge in [-0.3, -0.25) is 4.52 Å². The molecule has 7 heteroatoms. The summed E-state index contributed by atoms with van der Waals surface area (Å²) >= 11 is 0. The molecule has 0 bridgehead atoms. The molecule has 0 aliphatic carbocycles. The van der Waals surface area contributed by atoms with Crippen LogP contribution in [0, 0.1) is 0 Å². The van der Waals surface area contributed by atoms with Crippen molar-refractivity contribution in [3.8, 4) is 0 Å². The van der Waals surface area contributed by atoms with Crippen LogP contribution in [-0.2, 0) is 9.09 Å². The number of phosphoric ester groups is 1. The van der Waals surface area contributed by atoms with Crippen LogP contribution in [0.4, 0.5) is 0 Å². The minimum absolute atomic E-state index is 0.0572. The summed E-state index contributed by atoms with van der Waals surface area (Å²) in [5.74, 6) is 0. The fourth-order valence-electron chi connectivity index (χ4n) is 3.16. The van der Waals surface area contributed by atoms with Crippen LogP contribution in [0.5, 0.6) is 0 Å². The molecule has 0 fully saturated rings. The second-order valence-corrected chi connectivity index (χ2v) is 8.44. The van der Waals surface area contributed by atoms with E-state index in [1.165, 1.54) is 57.8 Å². The van der Waals surface area contributed by atoms with Gasteiger partial charge in [0.25, 0.3) is 0 Å². The molecule has 26 heavy (non-hydrogen) atoms. The van der Waals surface area contributed by atoms with Crippen LogP contribution in [0.15, 0.2) is 0 Å². The van der Waals surface area contributed by atoms with Crippen LogP contribution in [0.25, 0.3) is 0 Å². The van der Waals surface area contributed by atoms with E-state index in [9.17, 15) is 9.67 Å². The Morgan fingerprint density at radius 2 is 1.23 bits per heavy atom. The highest BCUT2D eigenvalue weighted by Crippen LogP contribution is 2.39. The monoisotopic (exact) mass is 396 g/mol. The van der Waals surface area contributed by atoms with Crippen molar-refractivity contribution in [2.45, 2.75) is 115 Å². The van der Waals surface area contributed by atoms with Crippen molar-refractivity contribution in [2.75, 3.05) is 6.61 Å². The predicted octanol–water partition coefficient (Wildman–Crippen LogP) is 4.69. The molecular weight excluding hydrogens is 355 g/mol. The summed E-state index contributed by atoms with van der Waals surface area (Å²) in [4.78, 5) is 18.0. The Hall–Kier alpha value is 0.0300. The normalized spacial score (nSPS) is 14.5. The van der Waals surface area contributed by atoms with E-state index in [1.807, 2.05) is 0 Å². The summed E-state index contributed by atoms with van der Waals surface area (Å²) in [6.45, 7) is 2.18. The van der Waals surface area contributed by atoms with Gasteiger partial charge in [-0.15, -0.1) is 0 Å². The molecule has 4 N–H and O–H groups in total. The first-order valence-corrected chi connectivity index (χ1v) is 12.0. The Bertz CT molecular complexity index is 347. The highest BCUT2D eigenvalue weighted by atomic mass is 31.2. The zero-order chi connectivity index (χ0) is 19.7. The Balaban J connectivity index is 3.73. The number of rotatable bonds is 19. The molecule has 0 aromatic rings. The van der Waals surface area contributed by atoms with Crippen molar-refractivity contribution in [3.05, 3.63) is 0 Å². The molecule has 0 heterocycles. The van der Waals surface area contributed by atoms with Crippen molar-refractivity contribution < 1.29 is 29.1 Å². The molecule has 0 aromatic carbocycles. The highest BCUT2D eigenvalue weighted by molar-refractivity contribution is 7.46. The zero-order valence-corrected chi connectivity index (χ0v) is 17.4. The van der Waals surface area contributed by atoms with Crippen molar-refractivity contribution in [3.63, 3.8) is 0 Å². The summed E-state index contributed by atoms with van der Waals surface area (Å²) in [5, 5.41) is 18.8. The largest absolute Gasteiger partial charge is 0.469 e. The molecule has 158 valence electrons. The van der Waals surface area contributed by atoms with Crippen LogP contribution in [0.2, 0.25) is 0 Å². The third-order valence-corrected chi connectivity index (χ3v) is 5.25. The van der Waals surface area contributed by atoms with E-state index in [1.54, 1.807) is 0 Å². The SMILES string of the molecule is CCCCCCCCCCCCCC[C@@H](OP(=O)(O)O)[C@@H](O)CCCO. The van der Waals surface area contributed by atoms with Gasteiger partial charge in [0.2, 0.25) is 0 Å². The smallest absolute Gasteiger partial charge is 0.396 e. The van der Waals surface area contributed by atoms with Crippen molar-refractivity contribution >= 4 is 7.82 Å². The molecule has 0 unspecified atom stereocenters. The third-order valence-electron chi connectivity index (χ3n) is 4.70. The molecule has 0 aromatic heterocycles. The van der Waals surface area contributed by atoms with Gasteiger partial charge in [-0.25, -0.2) is 4.57 Å². The Morgan fingerprint density at radius 1 is 0.769 bits per heavy atom. The maximum atomic E-state index is 11.1. The molecule has 0 radical (unpaired) electrons. The van der Waals surface area contributed by atoms with Gasteiger partial charge in [-0.05, 0) is 19.3 Å². The summed E-state index contributed by atoms with van der Waals surface area (Å²) in [6.07, 6.45) is 13.9. The minimum atomic E-state index is -4.61. The van der Waals surface area contributed by atoms with Crippen LogP contribution < -0.4 is 0 Å². The summed E-state index contributed by atoms with van der Waals surface area (Å²) in [5.41, 5.74) is 0. The average molecular weight is 397 g/mol. The van der Waals surface area contributed by atoms with E-state index in [2.05, 4.69) is 6.92 Å². The van der Waals surface area contributed by atoms with Crippen molar-refractivity contribution in [2.24, 2.45) is 0 Å². The lowest BCUT2D eigenvalue weighted by atomic mass is 10.0. The van der Waals surface area contributed by atoms with E-state index in [4.69, 9.17) is 19.4 Å². The van der Waals surface area contributed by atoms with E-state index in [-0.39, 0.29) is 13.0 Å². The van der Waals surface area contributed by atoms with Gasteiger partial charge in [-0.2, -0.15) is 0 Å². The van der Waals surface area contributed by atoms with Gasteiger partial charge >= 0.3 is 7.82 Å². The standard InChI is InChI=1S/C19H41O6P/c1-2-3-4-5-6-7-8-9-10-11-12-13-16-19(25-26(22,23)24)18(21)15-14-17-20/h18-21H,2-17H2,1H3,(H2,22,23,24)/t18-,19+/m0/s1. The maximum absolute atomic E-state index is 11.1. The molecule has 6 nitrogen and oxygen atoms in total. The number of unbranched alkanes of at least 4 members (excludes halogenated alkanes) is 11. The highest BCUT2D eigenvalue weighted by Gasteiger charge is 2.27. The number of hydrogen-bond acceptors (Lipinski definition) is 4. The minimum Gasteiger partial charge on any atom is -0.396 e. The number of aliphatic hydroxyl groups is 2. The van der Waals surface area contributed by atoms with Crippen LogP contribution >= 0.6 is 7.82 Å². The van der Waals surface area contributed by atoms with Crippen LogP contribution in [0.3, 0.4) is 0 Å². The van der Waals surface area contributed by atoms with Gasteiger partial charge in [0.05, 0.1) is 12.2 Å². The topological polar surface area (TPSA) is 107 Å². The predicted molar refractivity (Wildman–Crippen MR) is 105 cm³/mol. The maximum Gasteiger partial charge on any atom is 0.469 e. The first kappa shape index (κ1) is 26.0. The first-order valence-electron chi connectivity index (χ1n) is 10.4. The van der Waals surface area contributed by atoms with Crippen molar-refractivity contribution in [1.29, 1.82) is 0 Å². The molecule has 0 spiro atoms. The van der Waals surface area contributed by atoms with Crippen LogP contribution in [-0.4, -0.2) is 38.8 Å². The van der Waals surface area contributed by atoms with Gasteiger partial charge in [0.1, 0.15) is 0 Å². The van der Waals surface area contributed by atoms with E-state index in [0.717, 1.165) is 19.3 Å². The molecule has 0 aliphatic rings. The Morgan fingerprint density at radius 3 is 1.65 bits per heavy atom. The van der Waals surface area contributed by atoms with E-state index < -0.39 is 20.0 Å². The molecule has 0 saturated heterocycles. The molecule has 0 rings (SSSR count). The van der Waals surface area contributed by atoms with Gasteiger partial charge in [-0.1, -0.05) is 84.0 Å². The summed E-state index contributed by atoms with van der Waals surface area (Å²) in [6, 6.07) is 0. The molecule has 2 atom stereocenters. The quantitative estimate of drug-likeness (QED) is 0.186. The Kier molecular flexibility index (Phi) is 17.2. The fraction of sp³-hybridized carbons (Fsp3) is 1.00. The van der Waals surface area contributed by atoms with Crippen LogP contribution in [0.1, 0.15) is 103 Å². The van der Waals surface area contributed by atoms with Gasteiger partial charge in [0, 0.05) is 6.61 Å². The average Bonchev–Trinajstić information content (AvgIpc) is 2.58. The lowest BCUT2D eigenvalue weighted by Gasteiger charge is -2.23. The Labute approximate surface area is 159 Å². The van der Waals surface area contributed by atoms with Crippen molar-refractivity contribution in [1.82, 2.24) is 0 Å². The second kappa shape index (κ2) is 17.2. The van der Waals surface area contributed by atoms with Gasteiger partial charge in [0.15, 0.2) is 0 Å².